The van der Waals surface area contributed by atoms with Crippen molar-refractivity contribution in [3.05, 3.63) is 29.8 Å². The highest BCUT2D eigenvalue weighted by molar-refractivity contribution is 5.97. The number of hydrogen-bond acceptors (Lipinski definition) is 3. The Morgan fingerprint density at radius 3 is 2.12 bits per heavy atom. The van der Waals surface area contributed by atoms with Crippen LogP contribution in [-0.2, 0) is 4.79 Å². The van der Waals surface area contributed by atoms with Gasteiger partial charge in [-0.2, -0.15) is 0 Å². The van der Waals surface area contributed by atoms with E-state index in [-0.39, 0.29) is 5.91 Å². The van der Waals surface area contributed by atoms with E-state index in [1.165, 1.54) is 25.8 Å². The molecule has 1 aromatic rings. The molecule has 0 atom stereocenters. The molecule has 0 aliphatic carbocycles. The molecule has 0 bridgehead atoms. The van der Waals surface area contributed by atoms with Gasteiger partial charge in [0, 0.05) is 18.3 Å². The Balaban J connectivity index is 2.98. The average Bonchev–Trinajstić information content (AvgIpc) is 2.27. The molecular formula is C12H16N2O3. The van der Waals surface area contributed by atoms with Crippen molar-refractivity contribution >= 4 is 17.6 Å². The molecule has 5 heteroatoms. The molecule has 0 saturated carbocycles. The molecule has 1 aromatic carbocycles. The molecule has 0 radical (unpaired) electrons. The van der Waals surface area contributed by atoms with Crippen LogP contribution in [0.1, 0.15) is 24.2 Å². The zero-order valence-electron chi connectivity index (χ0n) is 10.1. The topological polar surface area (TPSA) is 83.6 Å². The molecule has 0 aliphatic heterocycles. The first-order valence-electron chi connectivity index (χ1n) is 5.14. The first kappa shape index (κ1) is 13.0. The number of hydrogen-bond donors (Lipinski definition) is 2. The predicted octanol–water partition coefficient (Wildman–Crippen LogP) is 1.20. The summed E-state index contributed by atoms with van der Waals surface area (Å²) in [6.45, 7) is 2.95. The van der Waals surface area contributed by atoms with Gasteiger partial charge in [-0.05, 0) is 38.1 Å². The summed E-state index contributed by atoms with van der Waals surface area (Å²) >= 11 is 0. The monoisotopic (exact) mass is 236 g/mol. The van der Waals surface area contributed by atoms with Crippen LogP contribution in [0.25, 0.3) is 0 Å². The average molecular weight is 236 g/mol. The number of rotatable bonds is 3. The van der Waals surface area contributed by atoms with Crippen LogP contribution in [0.2, 0.25) is 0 Å². The second-order valence-corrected chi connectivity index (χ2v) is 4.35. The first-order valence-corrected chi connectivity index (χ1v) is 5.14. The van der Waals surface area contributed by atoms with Crippen molar-refractivity contribution in [2.75, 3.05) is 12.8 Å². The van der Waals surface area contributed by atoms with Gasteiger partial charge in [0.2, 0.25) is 0 Å². The quantitative estimate of drug-likeness (QED) is 0.772. The fourth-order valence-electron chi connectivity index (χ4n) is 1.22. The maximum absolute atomic E-state index is 12.0. The van der Waals surface area contributed by atoms with Crippen LogP contribution in [0.15, 0.2) is 24.3 Å². The third kappa shape index (κ3) is 2.55. The summed E-state index contributed by atoms with van der Waals surface area (Å²) < 4.78 is 0. The van der Waals surface area contributed by atoms with E-state index >= 15 is 0 Å². The van der Waals surface area contributed by atoms with Crippen LogP contribution in [-0.4, -0.2) is 34.5 Å². The number of carbonyl (C=O) groups excluding carboxylic acids is 1. The number of amides is 1. The SMILES string of the molecule is CN(C(=O)c1ccc(N)cc1)C(C)(C)C(=O)O. The highest BCUT2D eigenvalue weighted by Gasteiger charge is 2.35. The molecule has 0 spiro atoms. The lowest BCUT2D eigenvalue weighted by Crippen LogP contribution is -2.50. The fraction of sp³-hybridized carbons (Fsp3) is 0.333. The number of benzene rings is 1. The molecule has 0 fully saturated rings. The smallest absolute Gasteiger partial charge is 0.329 e. The number of nitrogens with zero attached hydrogens (tertiary/aromatic N) is 1. The molecule has 92 valence electrons. The Morgan fingerprint density at radius 2 is 1.71 bits per heavy atom. The molecule has 0 aliphatic rings. The summed E-state index contributed by atoms with van der Waals surface area (Å²) in [5.74, 6) is -1.40. The molecule has 0 heterocycles. The number of likely N-dealkylation sites (N-methyl/N-ethyl adjacent to an activating group) is 1. The summed E-state index contributed by atoms with van der Waals surface area (Å²) in [5.41, 5.74) is 5.24. The first-order chi connectivity index (χ1) is 7.76. The van der Waals surface area contributed by atoms with E-state index in [2.05, 4.69) is 0 Å². The second kappa shape index (κ2) is 4.45. The van der Waals surface area contributed by atoms with Crippen LogP contribution in [0, 0.1) is 0 Å². The molecule has 0 saturated heterocycles. The zero-order chi connectivity index (χ0) is 13.2. The lowest BCUT2D eigenvalue weighted by molar-refractivity contribution is -0.147. The number of carboxylic acids is 1. The zero-order valence-corrected chi connectivity index (χ0v) is 10.1. The van der Waals surface area contributed by atoms with E-state index in [9.17, 15) is 9.59 Å². The molecule has 0 unspecified atom stereocenters. The normalized spacial score (nSPS) is 11.0. The number of anilines is 1. The van der Waals surface area contributed by atoms with Crippen LogP contribution < -0.4 is 5.73 Å². The van der Waals surface area contributed by atoms with Crippen molar-refractivity contribution in [3.8, 4) is 0 Å². The molecule has 3 N–H and O–H groups in total. The summed E-state index contributed by atoms with van der Waals surface area (Å²) in [5, 5.41) is 9.04. The minimum absolute atomic E-state index is 0.350. The Bertz CT molecular complexity index is 438. The third-order valence-electron chi connectivity index (χ3n) is 2.82. The summed E-state index contributed by atoms with van der Waals surface area (Å²) in [6.07, 6.45) is 0. The van der Waals surface area contributed by atoms with Gasteiger partial charge in [0.05, 0.1) is 0 Å². The highest BCUT2D eigenvalue weighted by Crippen LogP contribution is 2.17. The predicted molar refractivity (Wildman–Crippen MR) is 64.7 cm³/mol. The lowest BCUT2D eigenvalue weighted by Gasteiger charge is -2.31. The minimum atomic E-state index is -1.25. The number of nitrogens with two attached hydrogens (primary N) is 1. The Hall–Kier alpha value is -2.04. The van der Waals surface area contributed by atoms with Gasteiger partial charge in [0.1, 0.15) is 5.54 Å². The number of carbonyl (C=O) groups is 2. The summed E-state index contributed by atoms with van der Waals surface area (Å²) in [4.78, 5) is 24.3. The maximum Gasteiger partial charge on any atom is 0.329 e. The van der Waals surface area contributed by atoms with Crippen LogP contribution >= 0.6 is 0 Å². The van der Waals surface area contributed by atoms with Gasteiger partial charge in [-0.1, -0.05) is 0 Å². The second-order valence-electron chi connectivity index (χ2n) is 4.35. The Morgan fingerprint density at radius 1 is 1.24 bits per heavy atom. The molecule has 17 heavy (non-hydrogen) atoms. The Kier molecular flexibility index (Phi) is 3.41. The van der Waals surface area contributed by atoms with Crippen molar-refractivity contribution in [3.63, 3.8) is 0 Å². The van der Waals surface area contributed by atoms with Crippen molar-refractivity contribution < 1.29 is 14.7 Å². The van der Waals surface area contributed by atoms with Crippen molar-refractivity contribution in [2.24, 2.45) is 0 Å². The molecule has 1 amide bonds. The fourth-order valence-corrected chi connectivity index (χ4v) is 1.22. The highest BCUT2D eigenvalue weighted by atomic mass is 16.4. The van der Waals surface area contributed by atoms with Gasteiger partial charge in [-0.15, -0.1) is 0 Å². The van der Waals surface area contributed by atoms with Crippen molar-refractivity contribution in [1.29, 1.82) is 0 Å². The van der Waals surface area contributed by atoms with Crippen molar-refractivity contribution in [1.82, 2.24) is 4.90 Å². The van der Waals surface area contributed by atoms with Gasteiger partial charge in [-0.3, -0.25) is 4.79 Å². The number of aliphatic carboxylic acids is 1. The van der Waals surface area contributed by atoms with E-state index in [1.54, 1.807) is 24.3 Å². The number of carboxylic acid groups (broad SMARTS) is 1. The largest absolute Gasteiger partial charge is 0.480 e. The van der Waals surface area contributed by atoms with E-state index in [1.807, 2.05) is 0 Å². The van der Waals surface area contributed by atoms with Gasteiger partial charge in [0.25, 0.3) is 5.91 Å². The van der Waals surface area contributed by atoms with E-state index < -0.39 is 11.5 Å². The molecule has 5 nitrogen and oxygen atoms in total. The van der Waals surface area contributed by atoms with Crippen molar-refractivity contribution in [2.45, 2.75) is 19.4 Å². The Labute approximate surface area is 99.8 Å². The maximum atomic E-state index is 12.0. The third-order valence-corrected chi connectivity index (χ3v) is 2.82. The van der Waals surface area contributed by atoms with Gasteiger partial charge in [-0.25, -0.2) is 4.79 Å². The van der Waals surface area contributed by atoms with E-state index in [0.29, 0.717) is 11.3 Å². The van der Waals surface area contributed by atoms with Gasteiger partial charge >= 0.3 is 5.97 Å². The molecule has 0 aromatic heterocycles. The van der Waals surface area contributed by atoms with Crippen LogP contribution in [0.4, 0.5) is 5.69 Å². The van der Waals surface area contributed by atoms with E-state index in [4.69, 9.17) is 10.8 Å². The van der Waals surface area contributed by atoms with Crippen LogP contribution in [0.3, 0.4) is 0 Å². The molecular weight excluding hydrogens is 220 g/mol. The number of nitrogen functional groups attached to an aromatic ring is 1. The van der Waals surface area contributed by atoms with Crippen LogP contribution in [0.5, 0.6) is 0 Å². The lowest BCUT2D eigenvalue weighted by atomic mass is 10.0. The summed E-state index contributed by atoms with van der Waals surface area (Å²) in [7, 11) is 1.47. The van der Waals surface area contributed by atoms with E-state index in [0.717, 1.165) is 0 Å². The van der Waals surface area contributed by atoms with Gasteiger partial charge < -0.3 is 15.7 Å². The minimum Gasteiger partial charge on any atom is -0.480 e. The van der Waals surface area contributed by atoms with Gasteiger partial charge in [0.15, 0.2) is 0 Å². The standard InChI is InChI=1S/C12H16N2O3/c1-12(2,11(16)17)14(3)10(15)8-4-6-9(13)7-5-8/h4-7H,13H2,1-3H3,(H,16,17). The molecule has 1 rings (SSSR count). The summed E-state index contributed by atoms with van der Waals surface area (Å²) in [6, 6.07) is 6.36.